The fraction of sp³-hybridized carbons (Fsp3) is 0.294. The van der Waals surface area contributed by atoms with Gasteiger partial charge >= 0.3 is 0 Å². The van der Waals surface area contributed by atoms with Crippen LogP contribution >= 0.6 is 11.8 Å². The Morgan fingerprint density at radius 2 is 1.89 bits per heavy atom. The molecule has 0 fully saturated rings. The van der Waals surface area contributed by atoms with Crippen molar-refractivity contribution >= 4 is 11.8 Å². The van der Waals surface area contributed by atoms with Gasteiger partial charge in [0.15, 0.2) is 0 Å². The molecule has 0 saturated heterocycles. The molecule has 0 aromatic heterocycles. The van der Waals surface area contributed by atoms with Crippen LogP contribution in [0.1, 0.15) is 35.1 Å². The lowest BCUT2D eigenvalue weighted by molar-refractivity contribution is 0.931. The van der Waals surface area contributed by atoms with Crippen LogP contribution in [0, 0.1) is 6.92 Å². The number of hydrogen-bond acceptors (Lipinski definition) is 1. The average Bonchev–Trinajstić information content (AvgIpc) is 2.82. The second-order valence-corrected chi connectivity index (χ2v) is 6.06. The minimum atomic E-state index is 0.579. The van der Waals surface area contributed by atoms with Crippen molar-refractivity contribution in [2.75, 3.05) is 5.75 Å². The van der Waals surface area contributed by atoms with E-state index in [1.54, 1.807) is 0 Å². The van der Waals surface area contributed by atoms with Crippen LogP contribution in [-0.4, -0.2) is 5.75 Å². The van der Waals surface area contributed by atoms with Gasteiger partial charge in [-0.25, -0.2) is 0 Å². The molecule has 0 nitrogen and oxygen atoms in total. The first-order valence-electron chi connectivity index (χ1n) is 6.60. The second kappa shape index (κ2) is 4.81. The van der Waals surface area contributed by atoms with Gasteiger partial charge in [0.2, 0.25) is 0 Å². The topological polar surface area (TPSA) is 0 Å². The highest BCUT2D eigenvalue weighted by molar-refractivity contribution is 7.99. The lowest BCUT2D eigenvalue weighted by Gasteiger charge is -2.12. The van der Waals surface area contributed by atoms with Crippen molar-refractivity contribution in [1.29, 1.82) is 0 Å². The van der Waals surface area contributed by atoms with Crippen molar-refractivity contribution in [3.05, 3.63) is 64.7 Å². The fourth-order valence-corrected chi connectivity index (χ4v) is 3.85. The van der Waals surface area contributed by atoms with Gasteiger partial charge in [-0.2, -0.15) is 0 Å². The second-order valence-electron chi connectivity index (χ2n) is 5.00. The molecule has 18 heavy (non-hydrogen) atoms. The summed E-state index contributed by atoms with van der Waals surface area (Å²) in [7, 11) is 0. The van der Waals surface area contributed by atoms with E-state index < -0.39 is 0 Å². The molecule has 1 aliphatic rings. The maximum absolute atomic E-state index is 2.35. The molecule has 0 spiro atoms. The number of fused-ring (bicyclic) bond motifs is 1. The van der Waals surface area contributed by atoms with E-state index in [-0.39, 0.29) is 0 Å². The Balaban J connectivity index is 1.97. The zero-order chi connectivity index (χ0) is 12.5. The molecule has 2 aromatic carbocycles. The number of benzene rings is 2. The first kappa shape index (κ1) is 11.9. The molecule has 2 aromatic rings. The molecular formula is C17H18S. The van der Waals surface area contributed by atoms with Crippen LogP contribution in [0.25, 0.3) is 0 Å². The zero-order valence-electron chi connectivity index (χ0n) is 10.9. The van der Waals surface area contributed by atoms with E-state index >= 15 is 0 Å². The van der Waals surface area contributed by atoms with Gasteiger partial charge < -0.3 is 0 Å². The van der Waals surface area contributed by atoms with Crippen LogP contribution < -0.4 is 0 Å². The third kappa shape index (κ3) is 2.08. The zero-order valence-corrected chi connectivity index (χ0v) is 11.8. The van der Waals surface area contributed by atoms with Crippen molar-refractivity contribution in [2.45, 2.75) is 31.1 Å². The Kier molecular flexibility index (Phi) is 3.17. The Labute approximate surface area is 113 Å². The minimum Gasteiger partial charge on any atom is -0.125 e. The van der Waals surface area contributed by atoms with Crippen LogP contribution in [0.2, 0.25) is 0 Å². The molecule has 0 radical (unpaired) electrons. The van der Waals surface area contributed by atoms with E-state index in [0.29, 0.717) is 5.92 Å². The molecular weight excluding hydrogens is 236 g/mol. The van der Waals surface area contributed by atoms with E-state index in [4.69, 9.17) is 0 Å². The Bertz CT molecular complexity index is 554. The van der Waals surface area contributed by atoms with Crippen LogP contribution in [0.5, 0.6) is 0 Å². The van der Waals surface area contributed by atoms with E-state index in [9.17, 15) is 0 Å². The maximum atomic E-state index is 2.35. The summed E-state index contributed by atoms with van der Waals surface area (Å²) in [5.41, 5.74) is 5.77. The molecule has 0 bridgehead atoms. The number of thioether (sulfide) groups is 1. The van der Waals surface area contributed by atoms with Crippen molar-refractivity contribution in [3.63, 3.8) is 0 Å². The number of hydrogen-bond donors (Lipinski definition) is 0. The average molecular weight is 254 g/mol. The maximum Gasteiger partial charge on any atom is 0.0195 e. The summed E-state index contributed by atoms with van der Waals surface area (Å²) in [6.07, 6.45) is 1.12. The van der Waals surface area contributed by atoms with Gasteiger partial charge in [-0.05, 0) is 36.1 Å². The molecule has 1 atom stereocenters. The first-order valence-corrected chi connectivity index (χ1v) is 7.58. The molecule has 1 unspecified atom stereocenters. The number of rotatable bonds is 2. The van der Waals surface area contributed by atoms with Crippen molar-refractivity contribution in [2.24, 2.45) is 0 Å². The molecule has 0 N–H and O–H groups in total. The highest BCUT2D eigenvalue weighted by Gasteiger charge is 2.24. The Morgan fingerprint density at radius 3 is 2.61 bits per heavy atom. The summed E-state index contributed by atoms with van der Waals surface area (Å²) in [6.45, 7) is 4.39. The van der Waals surface area contributed by atoms with Gasteiger partial charge in [0.05, 0.1) is 0 Å². The van der Waals surface area contributed by atoms with Gasteiger partial charge in [0.25, 0.3) is 0 Å². The standard InChI is InChI=1S/C17H18S/c1-3-13-5-7-14(8-6-13)16-11-18-17-9-4-12(2)10-15(16)17/h4-10,16H,3,11H2,1-2H3. The normalized spacial score (nSPS) is 17.8. The Morgan fingerprint density at radius 1 is 1.11 bits per heavy atom. The van der Waals surface area contributed by atoms with Gasteiger partial charge in [-0.1, -0.05) is 48.9 Å². The molecule has 1 heterocycles. The Hall–Kier alpha value is -1.21. The molecule has 0 amide bonds. The van der Waals surface area contributed by atoms with Gasteiger partial charge in [0.1, 0.15) is 0 Å². The predicted octanol–water partition coefficient (Wildman–Crippen LogP) is 4.80. The highest BCUT2D eigenvalue weighted by atomic mass is 32.2. The fourth-order valence-electron chi connectivity index (χ4n) is 2.60. The molecule has 3 rings (SSSR count). The lowest BCUT2D eigenvalue weighted by Crippen LogP contribution is -1.99. The number of aryl methyl sites for hydroxylation is 2. The molecule has 1 aliphatic heterocycles. The molecule has 0 saturated carbocycles. The minimum absolute atomic E-state index is 0.579. The SMILES string of the molecule is CCc1ccc(C2CSc3ccc(C)cc32)cc1. The summed E-state index contributed by atoms with van der Waals surface area (Å²) in [5, 5.41) is 0. The summed E-state index contributed by atoms with van der Waals surface area (Å²) >= 11 is 1.99. The van der Waals surface area contributed by atoms with E-state index in [1.165, 1.54) is 32.9 Å². The summed E-state index contributed by atoms with van der Waals surface area (Å²) in [6, 6.07) is 16.0. The summed E-state index contributed by atoms with van der Waals surface area (Å²) < 4.78 is 0. The van der Waals surface area contributed by atoms with Crippen molar-refractivity contribution < 1.29 is 0 Å². The summed E-state index contributed by atoms with van der Waals surface area (Å²) in [5.74, 6) is 1.76. The van der Waals surface area contributed by atoms with Gasteiger partial charge in [-0.3, -0.25) is 0 Å². The summed E-state index contributed by atoms with van der Waals surface area (Å²) in [4.78, 5) is 1.46. The third-order valence-corrected chi connectivity index (χ3v) is 4.92. The van der Waals surface area contributed by atoms with Crippen LogP contribution in [0.4, 0.5) is 0 Å². The molecule has 0 aliphatic carbocycles. The largest absolute Gasteiger partial charge is 0.125 e. The van der Waals surface area contributed by atoms with E-state index in [2.05, 4.69) is 56.3 Å². The van der Waals surface area contributed by atoms with Gasteiger partial charge in [-0.15, -0.1) is 11.8 Å². The van der Waals surface area contributed by atoms with Crippen LogP contribution in [0.3, 0.4) is 0 Å². The van der Waals surface area contributed by atoms with Crippen LogP contribution in [-0.2, 0) is 6.42 Å². The van der Waals surface area contributed by atoms with Crippen LogP contribution in [0.15, 0.2) is 47.4 Å². The monoisotopic (exact) mass is 254 g/mol. The van der Waals surface area contributed by atoms with E-state index in [0.717, 1.165) is 6.42 Å². The lowest BCUT2D eigenvalue weighted by atomic mass is 9.91. The van der Waals surface area contributed by atoms with Crippen molar-refractivity contribution in [1.82, 2.24) is 0 Å². The first-order chi connectivity index (χ1) is 8.78. The smallest absolute Gasteiger partial charge is 0.0195 e. The predicted molar refractivity (Wildman–Crippen MR) is 79.6 cm³/mol. The van der Waals surface area contributed by atoms with Gasteiger partial charge in [0, 0.05) is 16.6 Å². The third-order valence-electron chi connectivity index (χ3n) is 3.74. The van der Waals surface area contributed by atoms with Crippen molar-refractivity contribution in [3.8, 4) is 0 Å². The molecule has 92 valence electrons. The molecule has 1 heteroatoms. The quantitative estimate of drug-likeness (QED) is 0.742. The highest BCUT2D eigenvalue weighted by Crippen LogP contribution is 2.43. The van der Waals surface area contributed by atoms with E-state index in [1.807, 2.05) is 11.8 Å².